The summed E-state index contributed by atoms with van der Waals surface area (Å²) in [6.07, 6.45) is 3.88. The molecule has 0 radical (unpaired) electrons. The van der Waals surface area contributed by atoms with Crippen LogP contribution < -0.4 is 0 Å². The summed E-state index contributed by atoms with van der Waals surface area (Å²) >= 11 is 3.57. The first kappa shape index (κ1) is 10.2. The fourth-order valence-electron chi connectivity index (χ4n) is 1.23. The maximum atomic E-state index is 11.4. The highest BCUT2D eigenvalue weighted by Gasteiger charge is 2.36. The van der Waals surface area contributed by atoms with Gasteiger partial charge in [0.15, 0.2) is 5.78 Å². The Labute approximate surface area is 82.4 Å². The van der Waals surface area contributed by atoms with Crippen LogP contribution in [0.2, 0.25) is 0 Å². The first-order valence-electron chi connectivity index (χ1n) is 4.11. The normalized spacial score (nSPS) is 21.8. The zero-order valence-corrected chi connectivity index (χ0v) is 8.97. The molecule has 12 heavy (non-hydrogen) atoms. The van der Waals surface area contributed by atoms with E-state index >= 15 is 0 Å². The molecule has 0 aromatic carbocycles. The van der Waals surface area contributed by atoms with Gasteiger partial charge in [0.05, 0.1) is 0 Å². The Kier molecular flexibility index (Phi) is 3.72. The minimum Gasteiger partial charge on any atom is -0.297 e. The fourth-order valence-corrected chi connectivity index (χ4v) is 4.36. The van der Waals surface area contributed by atoms with Gasteiger partial charge >= 0.3 is 0 Å². The van der Waals surface area contributed by atoms with Crippen LogP contribution in [0.1, 0.15) is 19.8 Å². The van der Waals surface area contributed by atoms with Crippen molar-refractivity contribution in [3.8, 4) is 0 Å². The molecule has 0 aromatic rings. The number of allylic oxidation sites excluding steroid dienone is 1. The lowest BCUT2D eigenvalue weighted by atomic mass is 10.2. The summed E-state index contributed by atoms with van der Waals surface area (Å²) in [4.78, 5) is 11.4. The molecule has 1 aliphatic heterocycles. The van der Waals surface area contributed by atoms with Crippen molar-refractivity contribution in [2.45, 2.75) is 23.8 Å². The van der Waals surface area contributed by atoms with Gasteiger partial charge in [0, 0.05) is 0 Å². The summed E-state index contributed by atoms with van der Waals surface area (Å²) in [6.45, 7) is 5.39. The van der Waals surface area contributed by atoms with Crippen LogP contribution in [0, 0.1) is 0 Å². The molecule has 3 heteroatoms. The van der Waals surface area contributed by atoms with Crippen LogP contribution >= 0.6 is 23.5 Å². The van der Waals surface area contributed by atoms with E-state index in [9.17, 15) is 4.79 Å². The average molecular weight is 202 g/mol. The molecule has 0 aromatic heterocycles. The third-order valence-electron chi connectivity index (χ3n) is 1.91. The van der Waals surface area contributed by atoms with Crippen molar-refractivity contribution >= 4 is 29.3 Å². The van der Waals surface area contributed by atoms with Crippen molar-refractivity contribution in [1.82, 2.24) is 0 Å². The van der Waals surface area contributed by atoms with E-state index in [1.165, 1.54) is 6.42 Å². The van der Waals surface area contributed by atoms with Crippen molar-refractivity contribution in [3.63, 3.8) is 0 Å². The van der Waals surface area contributed by atoms with Crippen LogP contribution in [0.25, 0.3) is 0 Å². The summed E-state index contributed by atoms with van der Waals surface area (Å²) in [7, 11) is 0. The Bertz CT molecular complexity index is 183. The molecule has 0 bridgehead atoms. The molecule has 0 aliphatic carbocycles. The second-order valence-electron chi connectivity index (χ2n) is 2.85. The van der Waals surface area contributed by atoms with E-state index < -0.39 is 0 Å². The Morgan fingerprint density at radius 1 is 1.58 bits per heavy atom. The Balaban J connectivity index is 2.69. The Morgan fingerprint density at radius 3 is 2.58 bits per heavy atom. The zero-order chi connectivity index (χ0) is 9.03. The molecule has 1 aliphatic rings. The molecule has 0 amide bonds. The van der Waals surface area contributed by atoms with Gasteiger partial charge in [-0.15, -0.1) is 30.1 Å². The Hall–Kier alpha value is 0.110. The second kappa shape index (κ2) is 4.38. The number of hydrogen-bond donors (Lipinski definition) is 0. The van der Waals surface area contributed by atoms with Crippen molar-refractivity contribution in [2.75, 3.05) is 11.5 Å². The van der Waals surface area contributed by atoms with Crippen molar-refractivity contribution in [2.24, 2.45) is 0 Å². The van der Waals surface area contributed by atoms with Crippen molar-refractivity contribution < 1.29 is 4.79 Å². The van der Waals surface area contributed by atoms with Gasteiger partial charge in [-0.05, 0) is 31.3 Å². The molecule has 0 spiro atoms. The number of hydrogen-bond acceptors (Lipinski definition) is 3. The highest BCUT2D eigenvalue weighted by atomic mass is 32.2. The molecule has 1 saturated heterocycles. The molecule has 1 heterocycles. The van der Waals surface area contributed by atoms with Gasteiger partial charge in [0.2, 0.25) is 0 Å². The highest BCUT2D eigenvalue weighted by molar-refractivity contribution is 8.19. The minimum absolute atomic E-state index is 0.194. The lowest BCUT2D eigenvalue weighted by Crippen LogP contribution is -2.32. The topological polar surface area (TPSA) is 17.1 Å². The molecular formula is C9H14OS2. The van der Waals surface area contributed by atoms with Crippen molar-refractivity contribution in [3.05, 3.63) is 12.7 Å². The quantitative estimate of drug-likeness (QED) is 0.655. The first-order valence-corrected chi connectivity index (χ1v) is 6.08. The first-order chi connectivity index (χ1) is 5.71. The predicted molar refractivity (Wildman–Crippen MR) is 57.8 cm³/mol. The molecule has 0 saturated carbocycles. The molecule has 1 rings (SSSR count). The zero-order valence-electron chi connectivity index (χ0n) is 7.34. The summed E-state index contributed by atoms with van der Waals surface area (Å²) in [5.41, 5.74) is 0. The van der Waals surface area contributed by atoms with Gasteiger partial charge in [0.25, 0.3) is 0 Å². The Morgan fingerprint density at radius 2 is 2.17 bits per heavy atom. The average Bonchev–Trinajstić information content (AvgIpc) is 2.06. The van der Waals surface area contributed by atoms with E-state index in [2.05, 4.69) is 6.58 Å². The third-order valence-corrected chi connectivity index (χ3v) is 5.44. The summed E-state index contributed by atoms with van der Waals surface area (Å²) in [5, 5.41) is 0. The van der Waals surface area contributed by atoms with Gasteiger partial charge < -0.3 is 0 Å². The van der Waals surface area contributed by atoms with E-state index in [1.54, 1.807) is 30.4 Å². The lowest BCUT2D eigenvalue weighted by Gasteiger charge is -2.32. The fraction of sp³-hybridized carbons (Fsp3) is 0.667. The van der Waals surface area contributed by atoms with E-state index in [0.29, 0.717) is 0 Å². The molecule has 0 unspecified atom stereocenters. The van der Waals surface area contributed by atoms with E-state index in [0.717, 1.165) is 17.9 Å². The number of ketones is 1. The lowest BCUT2D eigenvalue weighted by molar-refractivity contribution is -0.117. The van der Waals surface area contributed by atoms with Crippen LogP contribution in [0.3, 0.4) is 0 Å². The van der Waals surface area contributed by atoms with Crippen LogP contribution in [0.5, 0.6) is 0 Å². The summed E-state index contributed by atoms with van der Waals surface area (Å²) in [5.74, 6) is 2.51. The van der Waals surface area contributed by atoms with Gasteiger partial charge in [-0.2, -0.15) is 0 Å². The van der Waals surface area contributed by atoms with Crippen LogP contribution in [-0.4, -0.2) is 21.4 Å². The second-order valence-corrected chi connectivity index (χ2v) is 5.90. The number of thioether (sulfide) groups is 2. The van der Waals surface area contributed by atoms with Gasteiger partial charge in [-0.25, -0.2) is 0 Å². The third kappa shape index (κ3) is 2.07. The van der Waals surface area contributed by atoms with E-state index in [1.807, 2.05) is 6.08 Å². The maximum absolute atomic E-state index is 11.4. The van der Waals surface area contributed by atoms with Crippen molar-refractivity contribution in [1.29, 1.82) is 0 Å². The monoisotopic (exact) mass is 202 g/mol. The van der Waals surface area contributed by atoms with Gasteiger partial charge in [0.1, 0.15) is 4.08 Å². The minimum atomic E-state index is -0.194. The van der Waals surface area contributed by atoms with Crippen LogP contribution in [-0.2, 0) is 4.79 Å². The maximum Gasteiger partial charge on any atom is 0.156 e. The largest absolute Gasteiger partial charge is 0.297 e. The molecular weight excluding hydrogens is 188 g/mol. The molecule has 0 atom stereocenters. The summed E-state index contributed by atoms with van der Waals surface area (Å²) < 4.78 is -0.194. The SMILES string of the molecule is C=CCC1(C(C)=O)SCCCS1. The van der Waals surface area contributed by atoms with Crippen LogP contribution in [0.4, 0.5) is 0 Å². The number of carbonyl (C=O) groups is 1. The van der Waals surface area contributed by atoms with E-state index in [-0.39, 0.29) is 9.86 Å². The molecule has 1 fully saturated rings. The smallest absolute Gasteiger partial charge is 0.156 e. The molecule has 1 nitrogen and oxygen atoms in total. The van der Waals surface area contributed by atoms with Gasteiger partial charge in [-0.1, -0.05) is 6.08 Å². The number of rotatable bonds is 3. The summed E-state index contributed by atoms with van der Waals surface area (Å²) in [6, 6.07) is 0. The number of Topliss-reactive ketones (excluding diaryl/α,β-unsaturated/α-hetero) is 1. The van der Waals surface area contributed by atoms with E-state index in [4.69, 9.17) is 0 Å². The number of carbonyl (C=O) groups excluding carboxylic acids is 1. The standard InChI is InChI=1S/C9H14OS2/c1-3-5-9(8(2)10)11-6-4-7-12-9/h3H,1,4-7H2,2H3. The highest BCUT2D eigenvalue weighted by Crippen LogP contribution is 2.45. The molecule has 68 valence electrons. The van der Waals surface area contributed by atoms with Gasteiger partial charge in [-0.3, -0.25) is 4.79 Å². The predicted octanol–water partition coefficient (Wildman–Crippen LogP) is 2.72. The van der Waals surface area contributed by atoms with Crippen LogP contribution in [0.15, 0.2) is 12.7 Å². The molecule has 0 N–H and O–H groups in total.